The van der Waals surface area contributed by atoms with Crippen molar-refractivity contribution in [2.75, 3.05) is 26.2 Å². The van der Waals surface area contributed by atoms with Crippen molar-refractivity contribution in [3.05, 3.63) is 42.1 Å². The Morgan fingerprint density at radius 2 is 2.00 bits per heavy atom. The van der Waals surface area contributed by atoms with Gasteiger partial charge in [0.25, 0.3) is 0 Å². The van der Waals surface area contributed by atoms with E-state index in [-0.39, 0.29) is 18.2 Å². The molecule has 0 N–H and O–H groups in total. The van der Waals surface area contributed by atoms with Crippen LogP contribution in [0.1, 0.15) is 12.5 Å². The molecule has 2 aliphatic rings. The molecule has 0 radical (unpaired) electrons. The number of ether oxygens (including phenoxy) is 2. The van der Waals surface area contributed by atoms with Gasteiger partial charge in [0.15, 0.2) is 0 Å². The van der Waals surface area contributed by atoms with E-state index >= 15 is 0 Å². The van der Waals surface area contributed by atoms with E-state index in [1.807, 2.05) is 0 Å². The number of likely N-dealkylation sites (tertiary alicyclic amines) is 1. The minimum Gasteiger partial charge on any atom is -0.406 e. The number of hydrogen-bond donors (Lipinski definition) is 0. The first kappa shape index (κ1) is 21.5. The van der Waals surface area contributed by atoms with Gasteiger partial charge in [-0.3, -0.25) is 4.68 Å². The van der Waals surface area contributed by atoms with Crippen molar-refractivity contribution >= 4 is 6.09 Å². The van der Waals surface area contributed by atoms with E-state index in [4.69, 9.17) is 4.74 Å². The predicted octanol–water partition coefficient (Wildman–Crippen LogP) is 3.52. The third kappa shape index (κ3) is 5.30. The monoisotopic (exact) mass is 438 g/mol. The summed E-state index contributed by atoms with van der Waals surface area (Å²) in [6.07, 6.45) is -3.68. The van der Waals surface area contributed by atoms with Crippen molar-refractivity contribution in [1.82, 2.24) is 19.6 Å². The number of carbonyl (C=O) groups excluding carboxylic acids is 1. The Morgan fingerprint density at radius 3 is 2.61 bits per heavy atom. The number of piperidine rings is 1. The fraction of sp³-hybridized carbons (Fsp3) is 0.524. The lowest BCUT2D eigenvalue weighted by Gasteiger charge is -2.24. The maximum absolute atomic E-state index is 12.9. The Balaban J connectivity index is 1.46. The number of carbonyl (C=O) groups is 1. The molecule has 10 heteroatoms. The summed E-state index contributed by atoms with van der Waals surface area (Å²) in [5, 5.41) is 4.06. The zero-order valence-corrected chi connectivity index (χ0v) is 17.4. The van der Waals surface area contributed by atoms with Gasteiger partial charge < -0.3 is 19.3 Å². The average Bonchev–Trinajstić information content (AvgIpc) is 3.03. The van der Waals surface area contributed by atoms with E-state index in [0.717, 1.165) is 19.6 Å². The summed E-state index contributed by atoms with van der Waals surface area (Å²) in [5.41, 5.74) is 0.528. The SMILES string of the molecule is CCN1CC2C(C1)C2CN(Cc1cccc(OC(F)(F)F)c1)C(=O)Oc1ccn(C)n1. The molecular weight excluding hydrogens is 413 g/mol. The Hall–Kier alpha value is -2.75. The lowest BCUT2D eigenvalue weighted by Crippen LogP contribution is -2.37. The lowest BCUT2D eigenvalue weighted by molar-refractivity contribution is -0.274. The molecule has 1 aromatic carbocycles. The topological polar surface area (TPSA) is 59.8 Å². The summed E-state index contributed by atoms with van der Waals surface area (Å²) in [7, 11) is 1.71. The summed E-state index contributed by atoms with van der Waals surface area (Å²) in [6, 6.07) is 7.25. The van der Waals surface area contributed by atoms with E-state index in [9.17, 15) is 18.0 Å². The van der Waals surface area contributed by atoms with Gasteiger partial charge in [0.05, 0.1) is 0 Å². The van der Waals surface area contributed by atoms with Crippen LogP contribution < -0.4 is 9.47 Å². The van der Waals surface area contributed by atoms with Gasteiger partial charge in [0.2, 0.25) is 5.88 Å². The number of benzene rings is 1. The normalized spacial score (nSPS) is 22.8. The molecule has 2 atom stereocenters. The number of nitrogens with zero attached hydrogens (tertiary/aromatic N) is 4. The molecule has 0 spiro atoms. The highest BCUT2D eigenvalue weighted by Gasteiger charge is 2.55. The standard InChI is InChI=1S/C21H25F3N4O3/c1-3-27-11-16-17(12-27)18(16)13-28(20(29)30-19-7-8-26(2)25-19)10-14-5-4-6-15(9-14)31-21(22,23)24/h4-9,16-18H,3,10-13H2,1-2H3. The molecule has 2 heterocycles. The number of alkyl halides is 3. The van der Waals surface area contributed by atoms with Gasteiger partial charge in [-0.25, -0.2) is 4.79 Å². The number of hydrogen-bond acceptors (Lipinski definition) is 5. The Kier molecular flexibility index (Phi) is 5.83. The van der Waals surface area contributed by atoms with Crippen LogP contribution in [0.25, 0.3) is 0 Å². The maximum Gasteiger partial charge on any atom is 0.573 e. The van der Waals surface area contributed by atoms with Crippen LogP contribution in [0.15, 0.2) is 36.5 Å². The second kappa shape index (κ2) is 8.41. The van der Waals surface area contributed by atoms with Crippen LogP contribution >= 0.6 is 0 Å². The van der Waals surface area contributed by atoms with Crippen LogP contribution in [0, 0.1) is 17.8 Å². The third-order valence-corrected chi connectivity index (χ3v) is 5.97. The van der Waals surface area contributed by atoms with Crippen LogP contribution in [0.3, 0.4) is 0 Å². The van der Waals surface area contributed by atoms with Crippen LogP contribution in [-0.4, -0.2) is 58.2 Å². The molecule has 1 saturated heterocycles. The Labute approximate surface area is 178 Å². The largest absolute Gasteiger partial charge is 0.573 e. The van der Waals surface area contributed by atoms with Crippen molar-refractivity contribution < 1.29 is 27.4 Å². The zero-order chi connectivity index (χ0) is 22.2. The van der Waals surface area contributed by atoms with Gasteiger partial charge >= 0.3 is 12.5 Å². The number of halogens is 3. The van der Waals surface area contributed by atoms with Crippen LogP contribution in [0.4, 0.5) is 18.0 Å². The van der Waals surface area contributed by atoms with Gasteiger partial charge in [0.1, 0.15) is 5.75 Å². The summed E-state index contributed by atoms with van der Waals surface area (Å²) in [4.78, 5) is 16.8. The van der Waals surface area contributed by atoms with Crippen LogP contribution in [0.5, 0.6) is 11.6 Å². The average molecular weight is 438 g/mol. The summed E-state index contributed by atoms with van der Waals surface area (Å²) >= 11 is 0. The van der Waals surface area contributed by atoms with E-state index in [2.05, 4.69) is 21.7 Å². The number of aryl methyl sites for hydroxylation is 1. The summed E-state index contributed by atoms with van der Waals surface area (Å²) in [6.45, 7) is 5.79. The summed E-state index contributed by atoms with van der Waals surface area (Å²) < 4.78 is 48.6. The van der Waals surface area contributed by atoms with Crippen molar-refractivity contribution in [2.45, 2.75) is 19.8 Å². The molecule has 0 bridgehead atoms. The second-order valence-corrected chi connectivity index (χ2v) is 8.12. The minimum atomic E-state index is -4.77. The molecular formula is C21H25F3N4O3. The molecule has 2 fully saturated rings. The molecule has 1 saturated carbocycles. The molecule has 2 aromatic rings. The quantitative estimate of drug-likeness (QED) is 0.662. The first-order valence-electron chi connectivity index (χ1n) is 10.3. The van der Waals surface area contributed by atoms with Crippen molar-refractivity contribution in [1.29, 1.82) is 0 Å². The number of rotatable bonds is 7. The molecule has 4 rings (SSSR count). The molecule has 1 amide bonds. The molecule has 168 valence electrons. The van der Waals surface area contributed by atoms with E-state index in [0.29, 0.717) is 29.9 Å². The van der Waals surface area contributed by atoms with Crippen molar-refractivity contribution in [3.63, 3.8) is 0 Å². The van der Waals surface area contributed by atoms with E-state index in [1.54, 1.807) is 30.3 Å². The first-order chi connectivity index (χ1) is 14.7. The molecule has 1 aliphatic heterocycles. The highest BCUT2D eigenvalue weighted by Crippen LogP contribution is 2.52. The fourth-order valence-corrected chi connectivity index (χ4v) is 4.39. The smallest absolute Gasteiger partial charge is 0.406 e. The van der Waals surface area contributed by atoms with Crippen LogP contribution in [-0.2, 0) is 13.6 Å². The second-order valence-electron chi connectivity index (χ2n) is 8.12. The highest BCUT2D eigenvalue weighted by atomic mass is 19.4. The van der Waals surface area contributed by atoms with Gasteiger partial charge in [-0.05, 0) is 42.0 Å². The minimum absolute atomic E-state index is 0.119. The fourth-order valence-electron chi connectivity index (χ4n) is 4.39. The van der Waals surface area contributed by atoms with Gasteiger partial charge in [-0.15, -0.1) is 18.3 Å². The van der Waals surface area contributed by atoms with E-state index in [1.165, 1.54) is 22.9 Å². The maximum atomic E-state index is 12.9. The number of amides is 1. The molecule has 1 aliphatic carbocycles. The summed E-state index contributed by atoms with van der Waals surface area (Å²) in [5.74, 6) is 1.33. The van der Waals surface area contributed by atoms with E-state index < -0.39 is 12.5 Å². The zero-order valence-electron chi connectivity index (χ0n) is 17.4. The van der Waals surface area contributed by atoms with Gasteiger partial charge in [0, 0.05) is 45.5 Å². The molecule has 31 heavy (non-hydrogen) atoms. The lowest BCUT2D eigenvalue weighted by atomic mass is 10.2. The Bertz CT molecular complexity index is 921. The predicted molar refractivity (Wildman–Crippen MR) is 105 cm³/mol. The molecule has 2 unspecified atom stereocenters. The molecule has 1 aromatic heterocycles. The first-order valence-corrected chi connectivity index (χ1v) is 10.3. The number of fused-ring (bicyclic) bond motifs is 1. The van der Waals surface area contributed by atoms with Gasteiger partial charge in [-0.2, -0.15) is 0 Å². The van der Waals surface area contributed by atoms with Crippen molar-refractivity contribution in [3.8, 4) is 11.6 Å². The van der Waals surface area contributed by atoms with Crippen LogP contribution in [0.2, 0.25) is 0 Å². The van der Waals surface area contributed by atoms with Gasteiger partial charge in [-0.1, -0.05) is 19.1 Å². The van der Waals surface area contributed by atoms with Crippen molar-refractivity contribution in [2.24, 2.45) is 24.8 Å². The number of aromatic nitrogens is 2. The highest BCUT2D eigenvalue weighted by molar-refractivity contribution is 5.70. The molecule has 7 nitrogen and oxygen atoms in total. The Morgan fingerprint density at radius 1 is 1.26 bits per heavy atom. The third-order valence-electron chi connectivity index (χ3n) is 5.97.